The second-order valence-electron chi connectivity index (χ2n) is 6.92. The number of furan rings is 1. The number of thiophene rings is 1. The summed E-state index contributed by atoms with van der Waals surface area (Å²) in [4.78, 5) is 0.974. The number of sulfonamides is 2. The summed E-state index contributed by atoms with van der Waals surface area (Å²) in [5, 5.41) is 1.89. The molecule has 1 aliphatic rings. The van der Waals surface area contributed by atoms with E-state index in [4.69, 9.17) is 9.15 Å². The summed E-state index contributed by atoms with van der Waals surface area (Å²) in [5.74, 6) is 0.520. The molecule has 0 aliphatic carbocycles. The van der Waals surface area contributed by atoms with Crippen LogP contribution in [0, 0.1) is 0 Å². The minimum Gasteiger partial charge on any atom is -0.468 e. The maximum Gasteiger partial charge on any atom is 0.243 e. The molecule has 8 nitrogen and oxygen atoms in total. The monoisotopic (exact) mass is 482 g/mol. The van der Waals surface area contributed by atoms with Gasteiger partial charge in [0, 0.05) is 24.5 Å². The minimum atomic E-state index is -3.89. The van der Waals surface area contributed by atoms with Crippen LogP contribution in [0.1, 0.15) is 10.6 Å². The number of benzene rings is 1. The summed E-state index contributed by atoms with van der Waals surface area (Å²) < 4.78 is 65.6. The molecular weight excluding hydrogens is 460 g/mol. The number of rotatable bonds is 8. The van der Waals surface area contributed by atoms with Crippen molar-refractivity contribution in [3.8, 4) is 0 Å². The van der Waals surface area contributed by atoms with Gasteiger partial charge in [0.05, 0.1) is 35.8 Å². The number of ether oxygens (including phenoxy) is 1. The fraction of sp³-hybridized carbons (Fsp3) is 0.300. The van der Waals surface area contributed by atoms with Crippen molar-refractivity contribution in [1.29, 1.82) is 0 Å². The largest absolute Gasteiger partial charge is 0.468 e. The Bertz CT molecular complexity index is 1150. The molecule has 2 aromatic heterocycles. The normalized spacial score (nSPS) is 16.0. The number of hydrogen-bond acceptors (Lipinski definition) is 7. The standard InChI is InChI=1S/C20H22N2O6S3/c23-30(24,21-9-12-27-13-10-21)19-5-7-20(8-6-19)31(25,26)22(15-17-3-1-11-28-17)16-18-4-2-14-29-18/h1-8,11,14H,9-10,12-13,15-16H2. The van der Waals surface area contributed by atoms with Crippen LogP contribution >= 0.6 is 11.3 Å². The van der Waals surface area contributed by atoms with Gasteiger partial charge in [0.25, 0.3) is 0 Å². The third kappa shape index (κ3) is 4.92. The molecule has 0 spiro atoms. The highest BCUT2D eigenvalue weighted by atomic mass is 32.2. The van der Waals surface area contributed by atoms with Gasteiger partial charge in [-0.3, -0.25) is 0 Å². The molecule has 1 fully saturated rings. The second kappa shape index (κ2) is 9.23. The van der Waals surface area contributed by atoms with Crippen LogP contribution in [0.15, 0.2) is 74.4 Å². The quantitative estimate of drug-likeness (QED) is 0.490. The van der Waals surface area contributed by atoms with Gasteiger partial charge < -0.3 is 9.15 Å². The first-order valence-corrected chi connectivity index (χ1v) is 13.4. The Kier molecular flexibility index (Phi) is 6.60. The van der Waals surface area contributed by atoms with Gasteiger partial charge >= 0.3 is 0 Å². The summed E-state index contributed by atoms with van der Waals surface area (Å²) in [6.45, 7) is 1.50. The van der Waals surface area contributed by atoms with Gasteiger partial charge in [0.15, 0.2) is 0 Å². The Morgan fingerprint density at radius 2 is 1.61 bits per heavy atom. The Morgan fingerprint density at radius 1 is 0.903 bits per heavy atom. The van der Waals surface area contributed by atoms with Crippen molar-refractivity contribution in [2.75, 3.05) is 26.3 Å². The molecule has 0 atom stereocenters. The van der Waals surface area contributed by atoms with E-state index in [2.05, 4.69) is 0 Å². The third-order valence-corrected chi connectivity index (χ3v) is 9.47. The van der Waals surface area contributed by atoms with E-state index in [-0.39, 0.29) is 36.0 Å². The van der Waals surface area contributed by atoms with Gasteiger partial charge in [-0.15, -0.1) is 11.3 Å². The van der Waals surface area contributed by atoms with Crippen LogP contribution in [0.3, 0.4) is 0 Å². The number of morpholine rings is 1. The fourth-order valence-electron chi connectivity index (χ4n) is 3.25. The van der Waals surface area contributed by atoms with Crippen molar-refractivity contribution in [1.82, 2.24) is 8.61 Å². The fourth-order valence-corrected chi connectivity index (χ4v) is 6.84. The topological polar surface area (TPSA) is 97.1 Å². The molecule has 0 unspecified atom stereocenters. The molecule has 31 heavy (non-hydrogen) atoms. The lowest BCUT2D eigenvalue weighted by atomic mass is 10.4. The molecule has 3 aromatic rings. The minimum absolute atomic E-state index is 0.0246. The average molecular weight is 483 g/mol. The highest BCUT2D eigenvalue weighted by Crippen LogP contribution is 2.25. The number of hydrogen-bond donors (Lipinski definition) is 0. The molecule has 0 N–H and O–H groups in total. The van der Waals surface area contributed by atoms with E-state index in [1.54, 1.807) is 12.1 Å². The van der Waals surface area contributed by atoms with E-state index in [1.165, 1.54) is 50.5 Å². The summed E-state index contributed by atoms with van der Waals surface area (Å²) in [7, 11) is -7.58. The summed E-state index contributed by atoms with van der Waals surface area (Å²) in [6.07, 6.45) is 1.50. The Hall–Kier alpha value is -2.02. The molecule has 0 saturated carbocycles. The lowest BCUT2D eigenvalue weighted by Crippen LogP contribution is -2.40. The van der Waals surface area contributed by atoms with Gasteiger partial charge in [-0.05, 0) is 47.8 Å². The molecular formula is C20H22N2O6S3. The lowest BCUT2D eigenvalue weighted by molar-refractivity contribution is 0.0730. The molecule has 11 heteroatoms. The van der Waals surface area contributed by atoms with Crippen LogP contribution in [-0.2, 0) is 37.9 Å². The van der Waals surface area contributed by atoms with E-state index in [9.17, 15) is 16.8 Å². The molecule has 1 aromatic carbocycles. The average Bonchev–Trinajstić information content (AvgIpc) is 3.48. The highest BCUT2D eigenvalue weighted by molar-refractivity contribution is 7.89. The molecule has 1 aliphatic heterocycles. The van der Waals surface area contributed by atoms with Crippen molar-refractivity contribution in [2.24, 2.45) is 0 Å². The molecule has 3 heterocycles. The molecule has 0 bridgehead atoms. The van der Waals surface area contributed by atoms with Crippen LogP contribution in [-0.4, -0.2) is 51.7 Å². The molecule has 4 rings (SSSR count). The van der Waals surface area contributed by atoms with Crippen LogP contribution in [0.5, 0.6) is 0 Å². The van der Waals surface area contributed by atoms with E-state index >= 15 is 0 Å². The second-order valence-corrected chi connectivity index (χ2v) is 11.8. The first-order valence-electron chi connectivity index (χ1n) is 9.60. The smallest absolute Gasteiger partial charge is 0.243 e. The Balaban J connectivity index is 1.60. The molecule has 1 saturated heterocycles. The number of nitrogens with zero attached hydrogens (tertiary/aromatic N) is 2. The van der Waals surface area contributed by atoms with E-state index in [1.807, 2.05) is 17.5 Å². The van der Waals surface area contributed by atoms with E-state index in [0.717, 1.165) is 4.88 Å². The molecule has 0 radical (unpaired) electrons. The predicted octanol–water partition coefficient (Wildman–Crippen LogP) is 2.75. The first-order chi connectivity index (χ1) is 14.9. The van der Waals surface area contributed by atoms with Crippen LogP contribution in [0.25, 0.3) is 0 Å². The zero-order chi connectivity index (χ0) is 21.9. The van der Waals surface area contributed by atoms with Crippen LogP contribution < -0.4 is 0 Å². The summed E-state index contributed by atoms with van der Waals surface area (Å²) >= 11 is 1.47. The van der Waals surface area contributed by atoms with Gasteiger partial charge in [-0.1, -0.05) is 6.07 Å². The van der Waals surface area contributed by atoms with Crippen LogP contribution in [0.2, 0.25) is 0 Å². The predicted molar refractivity (Wildman–Crippen MR) is 115 cm³/mol. The lowest BCUT2D eigenvalue weighted by Gasteiger charge is -2.26. The van der Waals surface area contributed by atoms with Crippen molar-refractivity contribution in [2.45, 2.75) is 22.9 Å². The van der Waals surface area contributed by atoms with Gasteiger partial charge in [0.1, 0.15) is 5.76 Å². The zero-order valence-corrected chi connectivity index (χ0v) is 19.0. The van der Waals surface area contributed by atoms with Crippen molar-refractivity contribution >= 4 is 31.4 Å². The Labute approximate surface area is 185 Å². The van der Waals surface area contributed by atoms with Gasteiger partial charge in [-0.2, -0.15) is 8.61 Å². The SMILES string of the molecule is O=S(=O)(c1ccc(S(=O)(=O)N(Cc2ccco2)Cc2cccs2)cc1)N1CCOCC1. The summed E-state index contributed by atoms with van der Waals surface area (Å²) in [5.41, 5.74) is 0. The maximum absolute atomic E-state index is 13.4. The highest BCUT2D eigenvalue weighted by Gasteiger charge is 2.29. The molecule has 0 amide bonds. The Morgan fingerprint density at radius 3 is 2.23 bits per heavy atom. The van der Waals surface area contributed by atoms with Crippen molar-refractivity contribution < 1.29 is 26.0 Å². The zero-order valence-electron chi connectivity index (χ0n) is 16.6. The van der Waals surface area contributed by atoms with E-state index < -0.39 is 20.0 Å². The first kappa shape index (κ1) is 22.2. The van der Waals surface area contributed by atoms with Crippen molar-refractivity contribution in [3.63, 3.8) is 0 Å². The maximum atomic E-state index is 13.4. The third-order valence-electron chi connectivity index (χ3n) is 4.89. The van der Waals surface area contributed by atoms with Crippen molar-refractivity contribution in [3.05, 3.63) is 70.8 Å². The molecule has 166 valence electrons. The van der Waals surface area contributed by atoms with Gasteiger partial charge in [-0.25, -0.2) is 16.8 Å². The van der Waals surface area contributed by atoms with Crippen LogP contribution in [0.4, 0.5) is 0 Å². The van der Waals surface area contributed by atoms with E-state index in [0.29, 0.717) is 19.0 Å². The summed E-state index contributed by atoms with van der Waals surface area (Å²) in [6, 6.07) is 12.5. The van der Waals surface area contributed by atoms with Gasteiger partial charge in [0.2, 0.25) is 20.0 Å².